The fourth-order valence-corrected chi connectivity index (χ4v) is 10.1. The van der Waals surface area contributed by atoms with Gasteiger partial charge in [0.2, 0.25) is 0 Å². The van der Waals surface area contributed by atoms with E-state index < -0.39 is 6.10 Å². The molecule has 0 rings (SSSR count). The van der Waals surface area contributed by atoms with Gasteiger partial charge < -0.3 is 14.2 Å². The molecule has 0 radical (unpaired) electrons. The molecule has 0 amide bonds. The molecular formula is C75H132O6. The Morgan fingerprint density at radius 2 is 0.494 bits per heavy atom. The molecule has 0 fully saturated rings. The fourth-order valence-electron chi connectivity index (χ4n) is 10.1. The van der Waals surface area contributed by atoms with Crippen molar-refractivity contribution in [3.8, 4) is 0 Å². The lowest BCUT2D eigenvalue weighted by Gasteiger charge is -2.18. The van der Waals surface area contributed by atoms with Gasteiger partial charge >= 0.3 is 17.9 Å². The van der Waals surface area contributed by atoms with Gasteiger partial charge in [0.25, 0.3) is 0 Å². The van der Waals surface area contributed by atoms with Gasteiger partial charge in [0.1, 0.15) is 13.2 Å². The van der Waals surface area contributed by atoms with Gasteiger partial charge in [0.15, 0.2) is 6.10 Å². The molecule has 0 bridgehead atoms. The highest BCUT2D eigenvalue weighted by Crippen LogP contribution is 2.18. The third-order valence-electron chi connectivity index (χ3n) is 15.4. The highest BCUT2D eigenvalue weighted by atomic mass is 16.6. The van der Waals surface area contributed by atoms with Gasteiger partial charge in [-0.2, -0.15) is 0 Å². The van der Waals surface area contributed by atoms with Crippen molar-refractivity contribution in [1.29, 1.82) is 0 Å². The fraction of sp³-hybridized carbons (Fsp3) is 0.773. The van der Waals surface area contributed by atoms with Crippen molar-refractivity contribution >= 4 is 17.9 Å². The van der Waals surface area contributed by atoms with Crippen LogP contribution in [0.1, 0.15) is 355 Å². The number of hydrogen-bond acceptors (Lipinski definition) is 6. The number of esters is 3. The van der Waals surface area contributed by atoms with E-state index >= 15 is 0 Å². The first-order valence-corrected chi connectivity index (χ1v) is 35.1. The van der Waals surface area contributed by atoms with E-state index in [-0.39, 0.29) is 37.5 Å². The predicted molar refractivity (Wildman–Crippen MR) is 353 cm³/mol. The molecule has 0 heterocycles. The summed E-state index contributed by atoms with van der Waals surface area (Å²) in [6.45, 7) is 6.49. The van der Waals surface area contributed by atoms with E-state index in [4.69, 9.17) is 14.2 Å². The van der Waals surface area contributed by atoms with Crippen LogP contribution >= 0.6 is 0 Å². The van der Waals surface area contributed by atoms with Gasteiger partial charge in [0, 0.05) is 19.3 Å². The maximum absolute atomic E-state index is 12.9. The highest BCUT2D eigenvalue weighted by Gasteiger charge is 2.19. The molecule has 0 aromatic heterocycles. The second kappa shape index (κ2) is 69.1. The van der Waals surface area contributed by atoms with Gasteiger partial charge in [-0.25, -0.2) is 0 Å². The third kappa shape index (κ3) is 67.3. The van der Waals surface area contributed by atoms with Gasteiger partial charge in [-0.3, -0.25) is 14.4 Å². The quantitative estimate of drug-likeness (QED) is 0.0261. The van der Waals surface area contributed by atoms with E-state index in [1.807, 2.05) is 0 Å². The Balaban J connectivity index is 4.25. The number of ether oxygens (including phenoxy) is 3. The zero-order valence-electron chi connectivity index (χ0n) is 53.8. The molecule has 6 heteroatoms. The normalized spacial score (nSPS) is 12.6. The van der Waals surface area contributed by atoms with Crippen LogP contribution in [0.5, 0.6) is 0 Å². The van der Waals surface area contributed by atoms with Gasteiger partial charge in [-0.1, -0.05) is 331 Å². The number of rotatable bonds is 64. The molecule has 0 aliphatic carbocycles. The second-order valence-corrected chi connectivity index (χ2v) is 23.4. The summed E-state index contributed by atoms with van der Waals surface area (Å²) < 4.78 is 16.9. The number of hydrogen-bond donors (Lipinski definition) is 0. The SMILES string of the molecule is CC/C=C\C/C=C\C/C=C\C/C=C\C/C=C\CCCCCC(=O)OC(COC(=O)CCCCCCC/C=C\C/C=C\CCCC)COC(=O)CCCCCCCCCCCCCCCCCCCCCCCCCCCCCCCC. The molecule has 0 saturated heterocycles. The first-order valence-electron chi connectivity index (χ1n) is 35.1. The van der Waals surface area contributed by atoms with Crippen LogP contribution in [0.3, 0.4) is 0 Å². The number of unbranched alkanes of at least 4 members (excludes halogenated alkanes) is 39. The molecule has 468 valence electrons. The highest BCUT2D eigenvalue weighted by molar-refractivity contribution is 5.71. The molecule has 0 spiro atoms. The Kier molecular flexibility index (Phi) is 66.2. The molecule has 1 unspecified atom stereocenters. The van der Waals surface area contributed by atoms with Crippen molar-refractivity contribution in [3.05, 3.63) is 85.1 Å². The van der Waals surface area contributed by atoms with E-state index in [2.05, 4.69) is 106 Å². The zero-order chi connectivity index (χ0) is 58.5. The third-order valence-corrected chi connectivity index (χ3v) is 15.4. The summed E-state index contributed by atoms with van der Waals surface area (Å²) in [5, 5.41) is 0. The molecule has 81 heavy (non-hydrogen) atoms. The van der Waals surface area contributed by atoms with Crippen LogP contribution in [0.4, 0.5) is 0 Å². The van der Waals surface area contributed by atoms with Crippen LogP contribution < -0.4 is 0 Å². The number of carbonyl (C=O) groups is 3. The Morgan fingerprint density at radius 3 is 0.802 bits per heavy atom. The van der Waals surface area contributed by atoms with Crippen molar-refractivity contribution < 1.29 is 28.6 Å². The summed E-state index contributed by atoms with van der Waals surface area (Å²) in [5.74, 6) is -0.924. The maximum atomic E-state index is 12.9. The summed E-state index contributed by atoms with van der Waals surface area (Å²) in [7, 11) is 0. The lowest BCUT2D eigenvalue weighted by Crippen LogP contribution is -2.30. The van der Waals surface area contributed by atoms with Gasteiger partial charge in [0.05, 0.1) is 0 Å². The Bertz CT molecular complexity index is 1530. The summed E-state index contributed by atoms with van der Waals surface area (Å²) >= 11 is 0. The minimum absolute atomic E-state index is 0.0922. The van der Waals surface area contributed by atoms with Crippen molar-refractivity contribution in [2.75, 3.05) is 13.2 Å². The van der Waals surface area contributed by atoms with Crippen LogP contribution in [0.2, 0.25) is 0 Å². The monoisotopic (exact) mass is 1130 g/mol. The minimum Gasteiger partial charge on any atom is -0.462 e. The summed E-state index contributed by atoms with van der Waals surface area (Å²) in [5.41, 5.74) is 0. The molecule has 0 aromatic carbocycles. The van der Waals surface area contributed by atoms with Gasteiger partial charge in [-0.15, -0.1) is 0 Å². The summed E-state index contributed by atoms with van der Waals surface area (Å²) in [6.07, 6.45) is 92.0. The van der Waals surface area contributed by atoms with Crippen LogP contribution in [0, 0.1) is 0 Å². The predicted octanol–water partition coefficient (Wildman–Crippen LogP) is 24.2. The first kappa shape index (κ1) is 77.6. The van der Waals surface area contributed by atoms with Crippen molar-refractivity contribution in [3.63, 3.8) is 0 Å². The molecule has 0 saturated carbocycles. The smallest absolute Gasteiger partial charge is 0.306 e. The topological polar surface area (TPSA) is 78.9 Å². The van der Waals surface area contributed by atoms with Crippen LogP contribution in [-0.4, -0.2) is 37.2 Å². The number of carbonyl (C=O) groups excluding carboxylic acids is 3. The van der Waals surface area contributed by atoms with E-state index in [1.165, 1.54) is 193 Å². The molecular weight excluding hydrogens is 997 g/mol. The first-order chi connectivity index (χ1) is 40.0. The van der Waals surface area contributed by atoms with E-state index in [9.17, 15) is 14.4 Å². The molecule has 0 aromatic rings. The Labute approximate surface area is 503 Å². The van der Waals surface area contributed by atoms with E-state index in [0.717, 1.165) is 122 Å². The standard InChI is InChI=1S/C75H132O6/c1-4-7-10-13-16-19-22-25-28-30-32-33-34-35-36-37-38-39-40-41-42-44-45-47-50-53-56-59-62-65-68-74(77)80-71-72(70-79-73(76)67-64-61-58-55-52-49-27-24-21-18-15-12-9-6-3)81-75(78)69-66-63-60-57-54-51-48-46-43-31-29-26-23-20-17-14-11-8-5-2/h8,11,15,17-18,20,24,26-27,29,43,46,51,54,72H,4-7,9-10,12-14,16,19,21-23,25,28,30-42,44-45,47-50,52-53,55-71H2,1-3H3/b11-8-,18-15-,20-17-,27-24-,29-26-,46-43-,54-51-. The Hall–Kier alpha value is -3.41. The average Bonchev–Trinajstić information content (AvgIpc) is 3.47. The van der Waals surface area contributed by atoms with E-state index in [1.54, 1.807) is 0 Å². The van der Waals surface area contributed by atoms with Crippen molar-refractivity contribution in [1.82, 2.24) is 0 Å². The second-order valence-electron chi connectivity index (χ2n) is 23.4. The average molecular weight is 1130 g/mol. The Morgan fingerprint density at radius 1 is 0.259 bits per heavy atom. The van der Waals surface area contributed by atoms with E-state index in [0.29, 0.717) is 12.8 Å². The molecule has 1 atom stereocenters. The van der Waals surface area contributed by atoms with Crippen LogP contribution in [-0.2, 0) is 28.6 Å². The molecule has 0 aliphatic rings. The minimum atomic E-state index is -0.801. The van der Waals surface area contributed by atoms with Crippen molar-refractivity contribution in [2.45, 2.75) is 361 Å². The zero-order valence-corrected chi connectivity index (χ0v) is 53.8. The van der Waals surface area contributed by atoms with Crippen molar-refractivity contribution in [2.24, 2.45) is 0 Å². The lowest BCUT2D eigenvalue weighted by molar-refractivity contribution is -0.167. The van der Waals surface area contributed by atoms with Crippen LogP contribution in [0.25, 0.3) is 0 Å². The maximum Gasteiger partial charge on any atom is 0.306 e. The largest absolute Gasteiger partial charge is 0.462 e. The number of allylic oxidation sites excluding steroid dienone is 14. The summed E-state index contributed by atoms with van der Waals surface area (Å²) in [6, 6.07) is 0. The lowest BCUT2D eigenvalue weighted by atomic mass is 10.0. The molecule has 0 aliphatic heterocycles. The van der Waals surface area contributed by atoms with Crippen LogP contribution in [0.15, 0.2) is 85.1 Å². The summed E-state index contributed by atoms with van der Waals surface area (Å²) in [4.78, 5) is 38.4. The van der Waals surface area contributed by atoms with Gasteiger partial charge in [-0.05, 0) is 89.9 Å². The molecule has 6 nitrogen and oxygen atoms in total. The molecule has 0 N–H and O–H groups in total.